The van der Waals surface area contributed by atoms with Crippen molar-refractivity contribution in [1.82, 2.24) is 0 Å². The third-order valence-corrected chi connectivity index (χ3v) is 1.92. The average molecular weight is 161 g/mol. The van der Waals surface area contributed by atoms with Crippen molar-refractivity contribution in [2.24, 2.45) is 11.7 Å². The van der Waals surface area contributed by atoms with Gasteiger partial charge in [0.25, 0.3) is 0 Å². The third-order valence-electron chi connectivity index (χ3n) is 1.92. The van der Waals surface area contributed by atoms with Gasteiger partial charge in [0.2, 0.25) is 0 Å². The lowest BCUT2D eigenvalue weighted by Gasteiger charge is -2.22. The van der Waals surface area contributed by atoms with Gasteiger partial charge in [-0.25, -0.2) is 0 Å². The van der Waals surface area contributed by atoms with E-state index in [4.69, 9.17) is 10.5 Å². The van der Waals surface area contributed by atoms with Crippen LogP contribution >= 0.6 is 0 Å². The first-order valence-corrected chi connectivity index (χ1v) is 4.06. The molecule has 0 saturated carbocycles. The van der Waals surface area contributed by atoms with Crippen molar-refractivity contribution in [3.8, 4) is 0 Å². The quantitative estimate of drug-likeness (QED) is 0.612. The number of rotatable bonds is 5. The molecular formula is C8H19NO2. The summed E-state index contributed by atoms with van der Waals surface area (Å²) in [4.78, 5) is 0. The second kappa shape index (κ2) is 5.52. The third kappa shape index (κ3) is 3.70. The van der Waals surface area contributed by atoms with Crippen LogP contribution in [0.5, 0.6) is 0 Å². The standard InChI is InChI=1S/C8H19NO2/c1-4-7(9)8(10)6(2)5-11-3/h6-8,10H,4-5,9H2,1-3H3. The molecule has 3 unspecified atom stereocenters. The van der Waals surface area contributed by atoms with E-state index in [-0.39, 0.29) is 12.0 Å². The van der Waals surface area contributed by atoms with Gasteiger partial charge in [0, 0.05) is 19.1 Å². The van der Waals surface area contributed by atoms with Gasteiger partial charge in [-0.1, -0.05) is 13.8 Å². The topological polar surface area (TPSA) is 55.5 Å². The molecule has 11 heavy (non-hydrogen) atoms. The number of hydrogen-bond acceptors (Lipinski definition) is 3. The van der Waals surface area contributed by atoms with E-state index in [1.807, 2.05) is 13.8 Å². The van der Waals surface area contributed by atoms with Crippen LogP contribution in [0.1, 0.15) is 20.3 Å². The molecule has 0 rings (SSSR count). The maximum atomic E-state index is 9.51. The van der Waals surface area contributed by atoms with Crippen molar-refractivity contribution in [2.75, 3.05) is 13.7 Å². The molecular weight excluding hydrogens is 142 g/mol. The van der Waals surface area contributed by atoms with E-state index in [0.717, 1.165) is 6.42 Å². The molecule has 3 atom stereocenters. The molecule has 3 heteroatoms. The molecule has 0 aromatic carbocycles. The Hall–Kier alpha value is -0.120. The van der Waals surface area contributed by atoms with Crippen LogP contribution in [0.25, 0.3) is 0 Å². The highest BCUT2D eigenvalue weighted by Gasteiger charge is 2.19. The highest BCUT2D eigenvalue weighted by Crippen LogP contribution is 2.08. The fourth-order valence-electron chi connectivity index (χ4n) is 1.02. The molecule has 68 valence electrons. The summed E-state index contributed by atoms with van der Waals surface area (Å²) < 4.78 is 4.90. The second-order valence-electron chi connectivity index (χ2n) is 3.00. The minimum Gasteiger partial charge on any atom is -0.391 e. The Morgan fingerprint density at radius 2 is 2.09 bits per heavy atom. The fraction of sp³-hybridized carbons (Fsp3) is 1.00. The zero-order chi connectivity index (χ0) is 8.85. The van der Waals surface area contributed by atoms with E-state index in [1.165, 1.54) is 0 Å². The number of aliphatic hydroxyl groups excluding tert-OH is 1. The molecule has 0 radical (unpaired) electrons. The molecule has 0 aromatic rings. The molecule has 3 nitrogen and oxygen atoms in total. The largest absolute Gasteiger partial charge is 0.391 e. The smallest absolute Gasteiger partial charge is 0.0738 e. The number of nitrogens with two attached hydrogens (primary N) is 1. The SMILES string of the molecule is CCC(N)C(O)C(C)COC. The van der Waals surface area contributed by atoms with Crippen LogP contribution in [0.4, 0.5) is 0 Å². The van der Waals surface area contributed by atoms with E-state index < -0.39 is 6.10 Å². The van der Waals surface area contributed by atoms with Gasteiger partial charge in [0.1, 0.15) is 0 Å². The molecule has 0 aliphatic rings. The lowest BCUT2D eigenvalue weighted by Crippen LogP contribution is -2.39. The number of hydrogen-bond donors (Lipinski definition) is 2. The average Bonchev–Trinajstić information content (AvgIpc) is 2.02. The van der Waals surface area contributed by atoms with E-state index in [1.54, 1.807) is 7.11 Å². The number of ether oxygens (including phenoxy) is 1. The zero-order valence-electron chi connectivity index (χ0n) is 7.58. The summed E-state index contributed by atoms with van der Waals surface area (Å²) in [5, 5.41) is 9.51. The van der Waals surface area contributed by atoms with Crippen molar-refractivity contribution in [3.05, 3.63) is 0 Å². The summed E-state index contributed by atoms with van der Waals surface area (Å²) in [5.74, 6) is 0.120. The molecule has 0 heterocycles. The molecule has 0 aliphatic carbocycles. The Balaban J connectivity index is 3.70. The predicted molar refractivity (Wildman–Crippen MR) is 45.3 cm³/mol. The molecule has 0 spiro atoms. The van der Waals surface area contributed by atoms with Crippen molar-refractivity contribution >= 4 is 0 Å². The Labute approximate surface area is 68.5 Å². The Kier molecular flexibility index (Phi) is 5.46. The monoisotopic (exact) mass is 161 g/mol. The molecule has 0 fully saturated rings. The van der Waals surface area contributed by atoms with Crippen molar-refractivity contribution in [2.45, 2.75) is 32.4 Å². The van der Waals surface area contributed by atoms with Gasteiger partial charge in [-0.05, 0) is 6.42 Å². The van der Waals surface area contributed by atoms with E-state index in [2.05, 4.69) is 0 Å². The lowest BCUT2D eigenvalue weighted by atomic mass is 9.98. The fourth-order valence-corrected chi connectivity index (χ4v) is 1.02. The zero-order valence-corrected chi connectivity index (χ0v) is 7.58. The Morgan fingerprint density at radius 1 is 1.55 bits per heavy atom. The first kappa shape index (κ1) is 10.9. The lowest BCUT2D eigenvalue weighted by molar-refractivity contribution is 0.0402. The maximum absolute atomic E-state index is 9.51. The summed E-state index contributed by atoms with van der Waals surface area (Å²) >= 11 is 0. The number of methoxy groups -OCH3 is 1. The van der Waals surface area contributed by atoms with Crippen LogP contribution < -0.4 is 5.73 Å². The van der Waals surface area contributed by atoms with Crippen LogP contribution in [-0.2, 0) is 4.74 Å². The van der Waals surface area contributed by atoms with Gasteiger partial charge < -0.3 is 15.6 Å². The normalized spacial score (nSPS) is 19.4. The van der Waals surface area contributed by atoms with Gasteiger partial charge in [-0.3, -0.25) is 0 Å². The molecule has 0 amide bonds. The molecule has 0 aromatic heterocycles. The summed E-state index contributed by atoms with van der Waals surface area (Å²) in [5.41, 5.74) is 5.64. The highest BCUT2D eigenvalue weighted by atomic mass is 16.5. The van der Waals surface area contributed by atoms with Gasteiger partial charge in [0.05, 0.1) is 12.7 Å². The van der Waals surface area contributed by atoms with Crippen LogP contribution in [0, 0.1) is 5.92 Å². The van der Waals surface area contributed by atoms with E-state index >= 15 is 0 Å². The summed E-state index contributed by atoms with van der Waals surface area (Å²) in [6.07, 6.45) is 0.356. The van der Waals surface area contributed by atoms with Crippen LogP contribution in [-0.4, -0.2) is 31.0 Å². The molecule has 3 N–H and O–H groups in total. The summed E-state index contributed by atoms with van der Waals surface area (Å²) in [6, 6.07) is -0.125. The Morgan fingerprint density at radius 3 is 2.45 bits per heavy atom. The van der Waals surface area contributed by atoms with Gasteiger partial charge in [-0.15, -0.1) is 0 Å². The van der Waals surface area contributed by atoms with Crippen molar-refractivity contribution in [1.29, 1.82) is 0 Å². The molecule has 0 aliphatic heterocycles. The molecule has 0 saturated heterocycles. The van der Waals surface area contributed by atoms with Crippen LogP contribution in [0.15, 0.2) is 0 Å². The minimum atomic E-state index is -0.444. The number of aliphatic hydroxyl groups is 1. The van der Waals surface area contributed by atoms with Crippen LogP contribution in [0.3, 0.4) is 0 Å². The second-order valence-corrected chi connectivity index (χ2v) is 3.00. The summed E-state index contributed by atoms with van der Waals surface area (Å²) in [6.45, 7) is 4.46. The Bertz CT molecular complexity index is 98.1. The van der Waals surface area contributed by atoms with Crippen LogP contribution in [0.2, 0.25) is 0 Å². The first-order valence-electron chi connectivity index (χ1n) is 4.06. The van der Waals surface area contributed by atoms with Gasteiger partial charge in [-0.2, -0.15) is 0 Å². The van der Waals surface area contributed by atoms with Crippen molar-refractivity contribution < 1.29 is 9.84 Å². The van der Waals surface area contributed by atoms with Gasteiger partial charge in [0.15, 0.2) is 0 Å². The predicted octanol–water partition coefficient (Wildman–Crippen LogP) is 0.367. The van der Waals surface area contributed by atoms with Gasteiger partial charge >= 0.3 is 0 Å². The minimum absolute atomic E-state index is 0.120. The van der Waals surface area contributed by atoms with E-state index in [9.17, 15) is 5.11 Å². The first-order chi connectivity index (χ1) is 5.13. The highest BCUT2D eigenvalue weighted by molar-refractivity contribution is 4.74. The summed E-state index contributed by atoms with van der Waals surface area (Å²) in [7, 11) is 1.63. The van der Waals surface area contributed by atoms with E-state index in [0.29, 0.717) is 6.61 Å². The molecule has 0 bridgehead atoms. The van der Waals surface area contributed by atoms with Crippen molar-refractivity contribution in [3.63, 3.8) is 0 Å². The maximum Gasteiger partial charge on any atom is 0.0738 e.